The van der Waals surface area contributed by atoms with E-state index in [0.29, 0.717) is 0 Å². The molecule has 1 unspecified atom stereocenters. The monoisotopic (exact) mass is 410 g/mol. The van der Waals surface area contributed by atoms with E-state index in [-0.39, 0.29) is 6.04 Å². The molecule has 1 fully saturated rings. The molecule has 3 aromatic rings. The second kappa shape index (κ2) is 9.04. The number of hydrogen-bond donors (Lipinski definition) is 1. The predicted octanol–water partition coefficient (Wildman–Crippen LogP) is 4.18. The summed E-state index contributed by atoms with van der Waals surface area (Å²) in [6.45, 7) is 5.24. The first-order valence-corrected chi connectivity index (χ1v) is 11.3. The molecule has 2 heterocycles. The first-order chi connectivity index (χ1) is 15.3. The van der Waals surface area contributed by atoms with Crippen molar-refractivity contribution in [1.82, 2.24) is 14.8 Å². The van der Waals surface area contributed by atoms with Gasteiger partial charge in [-0.15, -0.1) is 0 Å². The Morgan fingerprint density at radius 1 is 0.903 bits per heavy atom. The van der Waals surface area contributed by atoms with E-state index in [1.54, 1.807) is 0 Å². The maximum absolute atomic E-state index is 6.22. The fourth-order valence-corrected chi connectivity index (χ4v) is 4.92. The number of piperazine rings is 1. The normalized spacial score (nSPS) is 19.7. The molecule has 1 aliphatic carbocycles. The standard InChI is InChI=1S/C27H30N4/c28-23-12-10-22-11-13-26-24(9-4-14-29-26)27(25(22)20-23)31-18-16-30(17-19-31)15-5-8-21-6-2-1-3-7-21/h1-10,12,14,20,27H,11,13,15-19,28H2/b8-5+. The van der Waals surface area contributed by atoms with Crippen molar-refractivity contribution in [2.75, 3.05) is 38.5 Å². The van der Waals surface area contributed by atoms with Gasteiger partial charge >= 0.3 is 0 Å². The zero-order chi connectivity index (χ0) is 21.0. The molecule has 2 aromatic carbocycles. The number of aromatic nitrogens is 1. The predicted molar refractivity (Wildman–Crippen MR) is 128 cm³/mol. The van der Waals surface area contributed by atoms with Crippen LogP contribution in [0, 0.1) is 0 Å². The molecule has 1 aliphatic heterocycles. The van der Waals surface area contributed by atoms with Crippen LogP contribution < -0.4 is 5.73 Å². The smallest absolute Gasteiger partial charge is 0.0624 e. The third kappa shape index (κ3) is 4.41. The number of benzene rings is 2. The summed E-state index contributed by atoms with van der Waals surface area (Å²) in [4.78, 5) is 9.90. The zero-order valence-electron chi connectivity index (χ0n) is 18.0. The number of rotatable bonds is 4. The number of nitrogens with two attached hydrogens (primary N) is 1. The van der Waals surface area contributed by atoms with Crippen molar-refractivity contribution in [1.29, 1.82) is 0 Å². The molecular formula is C27H30N4. The fraction of sp³-hybridized carbons (Fsp3) is 0.296. The lowest BCUT2D eigenvalue weighted by Crippen LogP contribution is -2.48. The number of hydrogen-bond acceptors (Lipinski definition) is 4. The van der Waals surface area contributed by atoms with Crippen LogP contribution in [-0.4, -0.2) is 47.5 Å². The number of nitrogens with zero attached hydrogens (tertiary/aromatic N) is 3. The quantitative estimate of drug-likeness (QED) is 0.656. The van der Waals surface area contributed by atoms with Crippen molar-refractivity contribution >= 4 is 11.8 Å². The Hall–Kier alpha value is -2.95. The van der Waals surface area contributed by atoms with E-state index >= 15 is 0 Å². The molecule has 2 N–H and O–H groups in total. The van der Waals surface area contributed by atoms with Crippen LogP contribution in [0.4, 0.5) is 5.69 Å². The SMILES string of the molecule is Nc1ccc2c(c1)C(N1CCN(C/C=C/c3ccccc3)CC1)c1cccnc1CC2. The summed E-state index contributed by atoms with van der Waals surface area (Å²) in [5, 5.41) is 0. The number of fused-ring (bicyclic) bond motifs is 2. The lowest BCUT2D eigenvalue weighted by molar-refractivity contribution is 0.117. The van der Waals surface area contributed by atoms with Gasteiger partial charge in [0.2, 0.25) is 0 Å². The van der Waals surface area contributed by atoms with Crippen molar-refractivity contribution in [3.8, 4) is 0 Å². The third-order valence-corrected chi connectivity index (χ3v) is 6.56. The average molecular weight is 411 g/mol. The van der Waals surface area contributed by atoms with Gasteiger partial charge in [0.05, 0.1) is 6.04 Å². The minimum absolute atomic E-state index is 0.242. The molecule has 0 bridgehead atoms. The largest absolute Gasteiger partial charge is 0.399 e. The molecule has 0 saturated carbocycles. The van der Waals surface area contributed by atoms with E-state index < -0.39 is 0 Å². The molecule has 0 radical (unpaired) electrons. The fourth-order valence-electron chi connectivity index (χ4n) is 4.92. The lowest BCUT2D eigenvalue weighted by atomic mass is 9.93. The van der Waals surface area contributed by atoms with Crippen LogP contribution in [0.2, 0.25) is 0 Å². The molecule has 31 heavy (non-hydrogen) atoms. The second-order valence-corrected chi connectivity index (χ2v) is 8.55. The maximum Gasteiger partial charge on any atom is 0.0624 e. The Kier molecular flexibility index (Phi) is 5.83. The lowest BCUT2D eigenvalue weighted by Gasteiger charge is -2.40. The summed E-state index contributed by atoms with van der Waals surface area (Å²) in [6, 6.07) is 21.6. The molecule has 4 nitrogen and oxygen atoms in total. The summed E-state index contributed by atoms with van der Waals surface area (Å²) < 4.78 is 0. The molecule has 4 heteroatoms. The van der Waals surface area contributed by atoms with Crippen molar-refractivity contribution in [2.45, 2.75) is 18.9 Å². The Balaban J connectivity index is 1.33. The van der Waals surface area contributed by atoms with E-state index in [0.717, 1.165) is 51.3 Å². The molecule has 158 valence electrons. The minimum atomic E-state index is 0.242. The highest BCUT2D eigenvalue weighted by Gasteiger charge is 2.31. The van der Waals surface area contributed by atoms with Gasteiger partial charge in [0.1, 0.15) is 0 Å². The topological polar surface area (TPSA) is 45.4 Å². The van der Waals surface area contributed by atoms with Gasteiger partial charge in [0.25, 0.3) is 0 Å². The molecule has 0 amide bonds. The van der Waals surface area contributed by atoms with Gasteiger partial charge in [-0.1, -0.05) is 54.6 Å². The van der Waals surface area contributed by atoms with Crippen molar-refractivity contribution in [3.05, 3.63) is 101 Å². The summed E-state index contributed by atoms with van der Waals surface area (Å²) in [5.41, 5.74) is 13.7. The van der Waals surface area contributed by atoms with E-state index in [9.17, 15) is 0 Å². The van der Waals surface area contributed by atoms with Crippen LogP contribution in [-0.2, 0) is 12.8 Å². The Morgan fingerprint density at radius 2 is 1.74 bits per heavy atom. The van der Waals surface area contributed by atoms with Gasteiger partial charge < -0.3 is 5.73 Å². The highest BCUT2D eigenvalue weighted by molar-refractivity contribution is 5.51. The summed E-state index contributed by atoms with van der Waals surface area (Å²) in [6.07, 6.45) is 8.45. The number of anilines is 1. The Labute approximate surface area is 185 Å². The number of pyridine rings is 1. The molecule has 1 atom stereocenters. The highest BCUT2D eigenvalue weighted by Crippen LogP contribution is 2.37. The van der Waals surface area contributed by atoms with E-state index in [4.69, 9.17) is 10.7 Å². The number of aryl methyl sites for hydroxylation is 2. The summed E-state index contributed by atoms with van der Waals surface area (Å²) in [5.74, 6) is 0. The van der Waals surface area contributed by atoms with Gasteiger partial charge in [-0.2, -0.15) is 0 Å². The molecule has 2 aliphatic rings. The van der Waals surface area contributed by atoms with Gasteiger partial charge in [-0.05, 0) is 53.3 Å². The zero-order valence-corrected chi connectivity index (χ0v) is 18.0. The van der Waals surface area contributed by atoms with Crippen LogP contribution >= 0.6 is 0 Å². The molecule has 5 rings (SSSR count). The minimum Gasteiger partial charge on any atom is -0.399 e. The van der Waals surface area contributed by atoms with Crippen LogP contribution in [0.3, 0.4) is 0 Å². The molecular weight excluding hydrogens is 380 g/mol. The molecule has 1 aromatic heterocycles. The highest BCUT2D eigenvalue weighted by atomic mass is 15.3. The van der Waals surface area contributed by atoms with Gasteiger partial charge in [0, 0.05) is 50.3 Å². The first-order valence-electron chi connectivity index (χ1n) is 11.3. The van der Waals surface area contributed by atoms with E-state index in [1.165, 1.54) is 27.9 Å². The molecule has 0 spiro atoms. The van der Waals surface area contributed by atoms with E-state index in [1.807, 2.05) is 12.3 Å². The summed E-state index contributed by atoms with van der Waals surface area (Å²) >= 11 is 0. The van der Waals surface area contributed by atoms with Crippen LogP contribution in [0.5, 0.6) is 0 Å². The maximum atomic E-state index is 6.22. The average Bonchev–Trinajstić information content (AvgIpc) is 2.97. The molecule has 1 saturated heterocycles. The van der Waals surface area contributed by atoms with Gasteiger partial charge in [-0.25, -0.2) is 0 Å². The van der Waals surface area contributed by atoms with Gasteiger partial charge in [-0.3, -0.25) is 14.8 Å². The third-order valence-electron chi connectivity index (χ3n) is 6.56. The van der Waals surface area contributed by atoms with E-state index in [2.05, 4.69) is 76.5 Å². The van der Waals surface area contributed by atoms with Crippen molar-refractivity contribution in [2.24, 2.45) is 0 Å². The summed E-state index contributed by atoms with van der Waals surface area (Å²) in [7, 11) is 0. The number of nitrogen functional groups attached to an aromatic ring is 1. The van der Waals surface area contributed by atoms with Gasteiger partial charge in [0.15, 0.2) is 0 Å². The van der Waals surface area contributed by atoms with Crippen LogP contribution in [0.15, 0.2) is 72.9 Å². The Bertz CT molecular complexity index is 1050. The second-order valence-electron chi connectivity index (χ2n) is 8.55. The van der Waals surface area contributed by atoms with Crippen LogP contribution in [0.1, 0.15) is 34.0 Å². The van der Waals surface area contributed by atoms with Crippen LogP contribution in [0.25, 0.3) is 6.08 Å². The first kappa shape index (κ1) is 20.0. The van der Waals surface area contributed by atoms with Crippen molar-refractivity contribution < 1.29 is 0 Å². The van der Waals surface area contributed by atoms with Crippen molar-refractivity contribution in [3.63, 3.8) is 0 Å². The Morgan fingerprint density at radius 3 is 2.58 bits per heavy atom.